The first-order chi connectivity index (χ1) is 24.9. The lowest BCUT2D eigenvalue weighted by atomic mass is 9.49. The van der Waals surface area contributed by atoms with Crippen LogP contribution in [0.4, 0.5) is 20.2 Å². The van der Waals surface area contributed by atoms with E-state index in [4.69, 9.17) is 11.6 Å². The number of anilines is 2. The lowest BCUT2D eigenvalue weighted by Crippen LogP contribution is -2.53. The van der Waals surface area contributed by atoms with Gasteiger partial charge in [0.25, 0.3) is 11.8 Å². The van der Waals surface area contributed by atoms with E-state index in [-0.39, 0.29) is 29.9 Å². The smallest absolute Gasteiger partial charge is 0.260 e. The number of imide groups is 2. The van der Waals surface area contributed by atoms with E-state index in [1.165, 1.54) is 43.3 Å². The van der Waals surface area contributed by atoms with Crippen molar-refractivity contribution in [2.45, 2.75) is 31.1 Å². The summed E-state index contributed by atoms with van der Waals surface area (Å²) in [7, 11) is 0. The van der Waals surface area contributed by atoms with Gasteiger partial charge in [-0.15, -0.1) is 0 Å². The third kappa shape index (κ3) is 4.90. The number of phenolic OH excluding ortho intramolecular Hbond substituents is 1. The van der Waals surface area contributed by atoms with Crippen molar-refractivity contribution in [3.8, 4) is 5.75 Å². The molecule has 4 amide bonds. The standard InChI is InChI=1S/C40H30ClF2N3O6/c1-20(47)21-2-13-27(14-3-21)45-36(49)29-16-15-28-30(34(29)38(45)51)19-31-37(50)46(44-26-11-9-25(42)10-12-26)39(52)40(31,23-5-7-24(41)8-6-23)35(28)22-4-17-33(48)32(43)18-22/h2-15,17-18,29-31,34-35,44,48H,16,19H2,1H3/t29-,30+,31-,34-,35-,40+/m0/s1. The fourth-order valence-electron chi connectivity index (χ4n) is 8.83. The quantitative estimate of drug-likeness (QED) is 0.129. The lowest BCUT2D eigenvalue weighted by molar-refractivity contribution is -0.138. The summed E-state index contributed by atoms with van der Waals surface area (Å²) in [6.07, 6.45) is 1.96. The molecule has 2 aliphatic carbocycles. The van der Waals surface area contributed by atoms with Gasteiger partial charge in [-0.3, -0.25) is 34.3 Å². The number of amides is 4. The minimum atomic E-state index is -1.69. The molecule has 6 atom stereocenters. The first kappa shape index (κ1) is 33.5. The fraction of sp³-hybridized carbons (Fsp3) is 0.225. The summed E-state index contributed by atoms with van der Waals surface area (Å²) in [5, 5.41) is 11.5. The summed E-state index contributed by atoms with van der Waals surface area (Å²) in [5.41, 5.74) is 3.45. The van der Waals surface area contributed by atoms with E-state index in [1.54, 1.807) is 48.5 Å². The van der Waals surface area contributed by atoms with Crippen LogP contribution >= 0.6 is 11.6 Å². The average molecular weight is 722 g/mol. The molecular weight excluding hydrogens is 692 g/mol. The second-order valence-electron chi connectivity index (χ2n) is 13.7. The molecule has 8 rings (SSSR count). The van der Waals surface area contributed by atoms with E-state index in [9.17, 15) is 28.7 Å². The van der Waals surface area contributed by atoms with Crippen molar-refractivity contribution >= 4 is 52.4 Å². The Morgan fingerprint density at radius 1 is 0.865 bits per heavy atom. The van der Waals surface area contributed by atoms with Gasteiger partial charge in [-0.05, 0) is 110 Å². The minimum absolute atomic E-state index is 0.00496. The largest absolute Gasteiger partial charge is 0.505 e. The second-order valence-corrected chi connectivity index (χ2v) is 14.1. The summed E-state index contributed by atoms with van der Waals surface area (Å²) < 4.78 is 29.1. The van der Waals surface area contributed by atoms with Crippen LogP contribution in [0, 0.1) is 35.3 Å². The van der Waals surface area contributed by atoms with Crippen LogP contribution in [0.1, 0.15) is 47.2 Å². The molecule has 0 unspecified atom stereocenters. The number of carbonyl (C=O) groups is 5. The number of hydrogen-bond donors (Lipinski definition) is 2. The third-order valence-electron chi connectivity index (χ3n) is 11.1. The van der Waals surface area contributed by atoms with Crippen LogP contribution in [-0.2, 0) is 24.6 Å². The van der Waals surface area contributed by atoms with Gasteiger partial charge in [0, 0.05) is 16.5 Å². The van der Waals surface area contributed by atoms with Crippen molar-refractivity contribution < 1.29 is 37.9 Å². The maximum absolute atomic E-state index is 15.3. The number of Topliss-reactive ketones (excluding diaryl/α,β-unsaturated/α-hetero) is 1. The van der Waals surface area contributed by atoms with Crippen LogP contribution in [0.5, 0.6) is 5.75 Å². The van der Waals surface area contributed by atoms with Gasteiger partial charge >= 0.3 is 0 Å². The predicted octanol–water partition coefficient (Wildman–Crippen LogP) is 6.72. The van der Waals surface area contributed by atoms with Crippen LogP contribution in [0.25, 0.3) is 0 Å². The number of nitrogens with one attached hydrogen (secondary N) is 1. The summed E-state index contributed by atoms with van der Waals surface area (Å²) in [6.45, 7) is 1.41. The highest BCUT2D eigenvalue weighted by molar-refractivity contribution is 6.30. The number of nitrogens with zero attached hydrogens (tertiary/aromatic N) is 2. The van der Waals surface area contributed by atoms with E-state index in [2.05, 4.69) is 5.43 Å². The van der Waals surface area contributed by atoms with Crippen LogP contribution in [0.15, 0.2) is 103 Å². The number of rotatable bonds is 6. The number of allylic oxidation sites excluding steroid dienone is 2. The monoisotopic (exact) mass is 721 g/mol. The van der Waals surface area contributed by atoms with Crippen molar-refractivity contribution in [3.63, 3.8) is 0 Å². The Morgan fingerprint density at radius 3 is 2.21 bits per heavy atom. The third-order valence-corrected chi connectivity index (χ3v) is 11.3. The number of halogens is 3. The van der Waals surface area contributed by atoms with Crippen LogP contribution in [0.2, 0.25) is 5.02 Å². The SMILES string of the molecule is CC(=O)c1ccc(N2C(=O)[C@H]3[C@H](CC=C4[C@H]3C[C@H]3C(=O)N(Nc5ccc(F)cc5)C(=O)[C@@]3(c3ccc(Cl)cc3)[C@H]4c3ccc(O)c(F)c3)C2=O)cc1. The summed E-state index contributed by atoms with van der Waals surface area (Å²) in [6, 6.07) is 21.6. The lowest BCUT2D eigenvalue weighted by Gasteiger charge is -2.50. The molecule has 2 saturated heterocycles. The summed E-state index contributed by atoms with van der Waals surface area (Å²) in [5.74, 6) is -8.96. The summed E-state index contributed by atoms with van der Waals surface area (Å²) >= 11 is 6.30. The van der Waals surface area contributed by atoms with Gasteiger partial charge in [0.1, 0.15) is 5.82 Å². The van der Waals surface area contributed by atoms with Crippen LogP contribution < -0.4 is 10.3 Å². The molecule has 3 fully saturated rings. The first-order valence-electron chi connectivity index (χ1n) is 16.8. The van der Waals surface area contributed by atoms with Crippen LogP contribution in [0.3, 0.4) is 0 Å². The Labute approximate surface area is 301 Å². The van der Waals surface area contributed by atoms with Gasteiger partial charge < -0.3 is 5.11 Å². The predicted molar refractivity (Wildman–Crippen MR) is 186 cm³/mol. The van der Waals surface area contributed by atoms with Crippen molar-refractivity contribution in [1.82, 2.24) is 5.01 Å². The Balaban J connectivity index is 1.30. The first-order valence-corrected chi connectivity index (χ1v) is 17.1. The second kappa shape index (κ2) is 12.2. The Bertz CT molecular complexity index is 2230. The maximum atomic E-state index is 15.3. The van der Waals surface area contributed by atoms with E-state index in [0.717, 1.165) is 16.0 Å². The summed E-state index contributed by atoms with van der Waals surface area (Å²) in [4.78, 5) is 71.2. The molecule has 2 heterocycles. The molecule has 262 valence electrons. The van der Waals surface area contributed by atoms with Gasteiger partial charge in [-0.2, -0.15) is 5.01 Å². The van der Waals surface area contributed by atoms with E-state index in [0.29, 0.717) is 27.4 Å². The molecular formula is C40H30ClF2N3O6. The highest BCUT2D eigenvalue weighted by Gasteiger charge is 2.70. The molecule has 1 saturated carbocycles. The number of fused-ring (bicyclic) bond motifs is 4. The van der Waals surface area contributed by atoms with Gasteiger partial charge in [-0.25, -0.2) is 8.78 Å². The van der Waals surface area contributed by atoms with Crippen LogP contribution in [-0.4, -0.2) is 39.5 Å². The highest BCUT2D eigenvalue weighted by Crippen LogP contribution is 2.64. The van der Waals surface area contributed by atoms with Gasteiger partial charge in [0.05, 0.1) is 34.5 Å². The molecule has 4 aromatic rings. The molecule has 0 spiro atoms. The number of aromatic hydroxyl groups is 1. The highest BCUT2D eigenvalue weighted by atomic mass is 35.5. The molecule has 9 nitrogen and oxygen atoms in total. The van der Waals surface area contributed by atoms with E-state index >= 15 is 9.18 Å². The number of benzene rings is 4. The fourth-order valence-corrected chi connectivity index (χ4v) is 8.96. The van der Waals surface area contributed by atoms with Crippen molar-refractivity contribution in [2.75, 3.05) is 10.3 Å². The minimum Gasteiger partial charge on any atom is -0.505 e. The molecule has 0 bridgehead atoms. The Kier molecular flexibility index (Phi) is 7.87. The van der Waals surface area contributed by atoms with Gasteiger partial charge in [-0.1, -0.05) is 41.4 Å². The topological polar surface area (TPSA) is 124 Å². The molecule has 12 heteroatoms. The maximum Gasteiger partial charge on any atom is 0.260 e. The molecule has 52 heavy (non-hydrogen) atoms. The Morgan fingerprint density at radius 2 is 1.56 bits per heavy atom. The van der Waals surface area contributed by atoms with Gasteiger partial charge in [0.15, 0.2) is 17.3 Å². The number of phenols is 1. The zero-order chi connectivity index (χ0) is 36.6. The number of hydrazine groups is 1. The average Bonchev–Trinajstić information content (AvgIpc) is 3.51. The van der Waals surface area contributed by atoms with E-state index < -0.39 is 76.0 Å². The molecule has 0 aromatic heterocycles. The zero-order valence-electron chi connectivity index (χ0n) is 27.6. The number of hydrogen-bond acceptors (Lipinski definition) is 7. The van der Waals surface area contributed by atoms with E-state index in [1.807, 2.05) is 6.08 Å². The molecule has 4 aliphatic rings. The van der Waals surface area contributed by atoms with Crippen molar-refractivity contribution in [1.29, 1.82) is 0 Å². The molecule has 2 N–H and O–H groups in total. The normalized spacial score (nSPS) is 26.5. The van der Waals surface area contributed by atoms with Crippen molar-refractivity contribution in [3.05, 3.63) is 136 Å². The molecule has 0 radical (unpaired) electrons. The molecule has 2 aliphatic heterocycles. The number of carbonyl (C=O) groups excluding carboxylic acids is 5. The molecule has 4 aromatic carbocycles. The van der Waals surface area contributed by atoms with Gasteiger partial charge in [0.2, 0.25) is 11.8 Å². The Hall–Kier alpha value is -5.68. The number of ketones is 1. The van der Waals surface area contributed by atoms with Crippen molar-refractivity contribution in [2.24, 2.45) is 23.7 Å². The zero-order valence-corrected chi connectivity index (χ0v) is 28.3.